The van der Waals surface area contributed by atoms with Crippen LogP contribution in [0.15, 0.2) is 66.0 Å². The number of thiophene rings is 1. The Bertz CT molecular complexity index is 1290. The molecule has 0 saturated carbocycles. The van der Waals surface area contributed by atoms with Crippen molar-refractivity contribution in [2.45, 2.75) is 31.6 Å². The molecule has 2 saturated heterocycles. The van der Waals surface area contributed by atoms with Crippen molar-refractivity contribution < 1.29 is 19.1 Å². The van der Waals surface area contributed by atoms with Crippen LogP contribution in [-0.2, 0) is 17.9 Å². The van der Waals surface area contributed by atoms with Gasteiger partial charge in [0, 0.05) is 51.9 Å². The molecule has 2 fully saturated rings. The molecule has 0 aliphatic carbocycles. The molecule has 0 N–H and O–H groups in total. The van der Waals surface area contributed by atoms with Crippen LogP contribution in [-0.4, -0.2) is 97.5 Å². The van der Waals surface area contributed by atoms with Crippen molar-refractivity contribution >= 4 is 23.2 Å². The number of carbonyl (C=O) groups excluding carboxylic acids is 2. The van der Waals surface area contributed by atoms with Crippen LogP contribution in [0.1, 0.15) is 27.2 Å². The monoisotopic (exact) mass is 562 g/mol. The maximum atomic E-state index is 14.0. The van der Waals surface area contributed by atoms with Crippen LogP contribution in [0, 0.1) is 0 Å². The molecule has 2 unspecified atom stereocenters. The van der Waals surface area contributed by atoms with Gasteiger partial charge in [0.05, 0.1) is 25.1 Å². The van der Waals surface area contributed by atoms with Gasteiger partial charge in [0.2, 0.25) is 5.91 Å². The van der Waals surface area contributed by atoms with Crippen molar-refractivity contribution in [2.75, 3.05) is 54.0 Å². The van der Waals surface area contributed by atoms with E-state index in [1.165, 1.54) is 11.3 Å². The number of ether oxygens (including phenoxy) is 2. The van der Waals surface area contributed by atoms with Gasteiger partial charge in [0.1, 0.15) is 11.5 Å². The topological polar surface area (TPSA) is 65.6 Å². The zero-order chi connectivity index (χ0) is 28.1. The van der Waals surface area contributed by atoms with Gasteiger partial charge in [-0.25, -0.2) is 0 Å². The average molecular weight is 563 g/mol. The molecular weight excluding hydrogens is 524 g/mol. The normalized spacial score (nSPS) is 19.9. The molecule has 2 amide bonds. The molecule has 2 aromatic carbocycles. The maximum Gasteiger partial charge on any atom is 0.264 e. The van der Waals surface area contributed by atoms with Gasteiger partial charge in [-0.2, -0.15) is 0 Å². The van der Waals surface area contributed by atoms with Crippen LogP contribution in [0.5, 0.6) is 11.5 Å². The Hall–Kier alpha value is -3.40. The van der Waals surface area contributed by atoms with Crippen LogP contribution in [0.2, 0.25) is 0 Å². The molecule has 5 rings (SSSR count). The molecule has 1 aromatic heterocycles. The first kappa shape index (κ1) is 28.1. The standard InChI is InChI=1S/C31H38N4O4S/c1-32-12-14-33(15-13-32)30(36)28-19-25(22-34(28)20-23-7-4-9-26(17-23)38-2)35(31(37)29-11-6-16-40-29)21-24-8-5-10-27(18-24)39-3/h4-11,16-18,25,28H,12-15,19-22H2,1-3H3. The lowest BCUT2D eigenvalue weighted by Crippen LogP contribution is -2.52. The fourth-order valence-corrected chi connectivity index (χ4v) is 6.33. The van der Waals surface area contributed by atoms with E-state index in [0.29, 0.717) is 30.9 Å². The molecule has 212 valence electrons. The first-order valence-corrected chi connectivity index (χ1v) is 14.6. The van der Waals surface area contributed by atoms with Crippen LogP contribution in [0.4, 0.5) is 0 Å². The number of hydrogen-bond acceptors (Lipinski definition) is 7. The highest BCUT2D eigenvalue weighted by molar-refractivity contribution is 7.12. The summed E-state index contributed by atoms with van der Waals surface area (Å²) in [6, 6.07) is 19.2. The number of likely N-dealkylation sites (N-methyl/N-ethyl adjacent to an activating group) is 1. The highest BCUT2D eigenvalue weighted by Crippen LogP contribution is 2.30. The number of amides is 2. The number of benzene rings is 2. The van der Waals surface area contributed by atoms with Gasteiger partial charge >= 0.3 is 0 Å². The van der Waals surface area contributed by atoms with Crippen LogP contribution < -0.4 is 9.47 Å². The van der Waals surface area contributed by atoms with E-state index >= 15 is 0 Å². The second-order valence-electron chi connectivity index (χ2n) is 10.6. The average Bonchev–Trinajstić information content (AvgIpc) is 3.67. The molecule has 2 aliphatic heterocycles. The summed E-state index contributed by atoms with van der Waals surface area (Å²) >= 11 is 1.45. The molecular formula is C31H38N4O4S. The van der Waals surface area contributed by atoms with Gasteiger partial charge in [-0.05, 0) is 60.3 Å². The molecule has 40 heavy (non-hydrogen) atoms. The Balaban J connectivity index is 1.44. The molecule has 8 nitrogen and oxygen atoms in total. The molecule has 2 atom stereocenters. The first-order valence-electron chi connectivity index (χ1n) is 13.8. The summed E-state index contributed by atoms with van der Waals surface area (Å²) in [6.45, 7) is 4.87. The zero-order valence-corrected chi connectivity index (χ0v) is 24.3. The lowest BCUT2D eigenvalue weighted by molar-refractivity contribution is -0.137. The van der Waals surface area contributed by atoms with E-state index in [2.05, 4.69) is 22.9 Å². The molecule has 2 aliphatic rings. The van der Waals surface area contributed by atoms with E-state index in [9.17, 15) is 9.59 Å². The zero-order valence-electron chi connectivity index (χ0n) is 23.5. The minimum Gasteiger partial charge on any atom is -0.497 e. The summed E-state index contributed by atoms with van der Waals surface area (Å²) < 4.78 is 10.9. The quantitative estimate of drug-likeness (QED) is 0.395. The Morgan fingerprint density at radius 1 is 0.925 bits per heavy atom. The van der Waals surface area contributed by atoms with E-state index in [1.807, 2.05) is 69.8 Å². The molecule has 0 bridgehead atoms. The van der Waals surface area contributed by atoms with Gasteiger partial charge in [0.25, 0.3) is 5.91 Å². The fourth-order valence-electron chi connectivity index (χ4n) is 5.66. The predicted octanol–water partition coefficient (Wildman–Crippen LogP) is 3.82. The molecule has 0 radical (unpaired) electrons. The van der Waals surface area contributed by atoms with E-state index < -0.39 is 0 Å². The largest absolute Gasteiger partial charge is 0.497 e. The number of likely N-dealkylation sites (tertiary alicyclic amines) is 1. The SMILES string of the molecule is COc1cccc(CN2CC(N(Cc3cccc(OC)c3)C(=O)c3cccs3)CC2C(=O)N2CCN(C)CC2)c1. The number of nitrogens with zero attached hydrogens (tertiary/aromatic N) is 4. The fraction of sp³-hybridized carbons (Fsp3) is 0.419. The number of piperazine rings is 1. The first-order chi connectivity index (χ1) is 19.4. The number of carbonyl (C=O) groups is 2. The summed E-state index contributed by atoms with van der Waals surface area (Å²) in [5.74, 6) is 1.71. The maximum absolute atomic E-state index is 14.0. The third kappa shape index (κ3) is 6.49. The smallest absolute Gasteiger partial charge is 0.264 e. The summed E-state index contributed by atoms with van der Waals surface area (Å²) in [5, 5.41) is 1.93. The second-order valence-corrected chi connectivity index (χ2v) is 11.5. The van der Waals surface area contributed by atoms with Crippen molar-refractivity contribution in [1.82, 2.24) is 19.6 Å². The summed E-state index contributed by atoms with van der Waals surface area (Å²) in [7, 11) is 5.40. The minimum atomic E-state index is -0.302. The van der Waals surface area contributed by atoms with Gasteiger partial charge in [-0.3, -0.25) is 14.5 Å². The summed E-state index contributed by atoms with van der Waals surface area (Å²) in [4.78, 5) is 37.0. The van der Waals surface area contributed by atoms with Crippen molar-refractivity contribution in [3.05, 3.63) is 82.0 Å². The lowest BCUT2D eigenvalue weighted by atomic mass is 10.1. The highest BCUT2D eigenvalue weighted by Gasteiger charge is 2.42. The predicted molar refractivity (Wildman–Crippen MR) is 157 cm³/mol. The lowest BCUT2D eigenvalue weighted by Gasteiger charge is -2.35. The second kappa shape index (κ2) is 12.8. The number of hydrogen-bond donors (Lipinski definition) is 0. The van der Waals surface area contributed by atoms with Crippen LogP contribution in [0.3, 0.4) is 0 Å². The highest BCUT2D eigenvalue weighted by atomic mass is 32.1. The third-order valence-corrected chi connectivity index (χ3v) is 8.78. The van der Waals surface area contributed by atoms with Gasteiger partial charge < -0.3 is 24.2 Å². The number of methoxy groups -OCH3 is 2. The van der Waals surface area contributed by atoms with Crippen molar-refractivity contribution in [3.63, 3.8) is 0 Å². The van der Waals surface area contributed by atoms with Crippen molar-refractivity contribution in [1.29, 1.82) is 0 Å². The van der Waals surface area contributed by atoms with E-state index in [1.54, 1.807) is 14.2 Å². The van der Waals surface area contributed by atoms with Crippen LogP contribution >= 0.6 is 11.3 Å². The van der Waals surface area contributed by atoms with E-state index in [0.717, 1.165) is 48.8 Å². The van der Waals surface area contributed by atoms with E-state index in [-0.39, 0.29) is 23.9 Å². The van der Waals surface area contributed by atoms with Gasteiger partial charge in [-0.15, -0.1) is 11.3 Å². The molecule has 3 aromatic rings. The van der Waals surface area contributed by atoms with Crippen LogP contribution in [0.25, 0.3) is 0 Å². The van der Waals surface area contributed by atoms with Gasteiger partial charge in [-0.1, -0.05) is 30.3 Å². The molecule has 9 heteroatoms. The van der Waals surface area contributed by atoms with Crippen molar-refractivity contribution in [3.8, 4) is 11.5 Å². The summed E-state index contributed by atoms with van der Waals surface area (Å²) in [5.41, 5.74) is 2.08. The van der Waals surface area contributed by atoms with E-state index in [4.69, 9.17) is 9.47 Å². The molecule has 3 heterocycles. The van der Waals surface area contributed by atoms with Crippen molar-refractivity contribution in [2.24, 2.45) is 0 Å². The Morgan fingerprint density at radius 2 is 1.60 bits per heavy atom. The minimum absolute atomic E-state index is 0.00292. The summed E-state index contributed by atoms with van der Waals surface area (Å²) in [6.07, 6.45) is 0.593. The van der Waals surface area contributed by atoms with Gasteiger partial charge in [0.15, 0.2) is 0 Å². The Kier molecular flexibility index (Phi) is 9.04. The Morgan fingerprint density at radius 3 is 2.25 bits per heavy atom. The third-order valence-electron chi connectivity index (χ3n) is 7.92. The number of rotatable bonds is 9. The Labute approximate surface area is 240 Å². The molecule has 0 spiro atoms.